The molecule has 0 aliphatic carbocycles. The third-order valence-corrected chi connectivity index (χ3v) is 3.54. The van der Waals surface area contributed by atoms with E-state index < -0.39 is 0 Å². The lowest BCUT2D eigenvalue weighted by molar-refractivity contribution is -0.123. The van der Waals surface area contributed by atoms with E-state index in [0.717, 1.165) is 18.6 Å². The molecule has 0 N–H and O–H groups in total. The Hall–Kier alpha value is -1.19. The van der Waals surface area contributed by atoms with E-state index in [1.807, 2.05) is 13.8 Å². The van der Waals surface area contributed by atoms with Gasteiger partial charge in [0.05, 0.1) is 19.8 Å². The Kier molecular flexibility index (Phi) is 9.02. The number of hydrogen-bond acceptors (Lipinski definition) is 3. The molecule has 0 spiro atoms. The first-order valence-electron chi connectivity index (χ1n) is 8.25. The van der Waals surface area contributed by atoms with Gasteiger partial charge in [-0.1, -0.05) is 52.0 Å². The van der Waals surface area contributed by atoms with Crippen molar-refractivity contribution >= 4 is 5.78 Å². The van der Waals surface area contributed by atoms with Gasteiger partial charge in [-0.05, 0) is 23.5 Å². The molecule has 124 valence electrons. The van der Waals surface area contributed by atoms with Crippen LogP contribution in [0.2, 0.25) is 0 Å². The van der Waals surface area contributed by atoms with Crippen LogP contribution in [0.25, 0.3) is 0 Å². The highest BCUT2D eigenvalue weighted by Gasteiger charge is 2.06. The van der Waals surface area contributed by atoms with Crippen LogP contribution in [0.4, 0.5) is 0 Å². The van der Waals surface area contributed by atoms with E-state index in [1.54, 1.807) is 0 Å². The molecule has 0 unspecified atom stereocenters. The fraction of sp³-hybridized carbons (Fsp3) is 0.632. The lowest BCUT2D eigenvalue weighted by Crippen LogP contribution is -2.10. The summed E-state index contributed by atoms with van der Waals surface area (Å²) in [5.74, 6) is 1.04. The Morgan fingerprint density at radius 3 is 1.86 bits per heavy atom. The molecule has 3 heteroatoms. The van der Waals surface area contributed by atoms with Crippen LogP contribution >= 0.6 is 0 Å². The molecule has 0 saturated carbocycles. The molecule has 0 bridgehead atoms. The minimum atomic E-state index is 0.0959. The monoisotopic (exact) mass is 306 g/mol. The van der Waals surface area contributed by atoms with Crippen LogP contribution in [0.3, 0.4) is 0 Å². The molecule has 0 amide bonds. The van der Waals surface area contributed by atoms with Crippen molar-refractivity contribution in [1.82, 2.24) is 0 Å². The van der Waals surface area contributed by atoms with Crippen LogP contribution < -0.4 is 0 Å². The van der Waals surface area contributed by atoms with E-state index in [9.17, 15) is 4.79 Å². The SMILES string of the molecule is CC(C)CCOCc1ccc(COCCC(=O)C(C)C)cc1. The van der Waals surface area contributed by atoms with Gasteiger partial charge < -0.3 is 9.47 Å². The highest BCUT2D eigenvalue weighted by atomic mass is 16.5. The van der Waals surface area contributed by atoms with E-state index in [0.29, 0.717) is 32.2 Å². The Bertz CT molecular complexity index is 421. The van der Waals surface area contributed by atoms with Gasteiger partial charge in [0.15, 0.2) is 0 Å². The van der Waals surface area contributed by atoms with Crippen molar-refractivity contribution in [3.8, 4) is 0 Å². The van der Waals surface area contributed by atoms with Crippen molar-refractivity contribution in [2.45, 2.75) is 53.8 Å². The molecule has 0 aliphatic heterocycles. The molecular weight excluding hydrogens is 276 g/mol. The van der Waals surface area contributed by atoms with E-state index in [1.165, 1.54) is 5.56 Å². The van der Waals surface area contributed by atoms with Crippen LogP contribution in [0.5, 0.6) is 0 Å². The molecule has 0 atom stereocenters. The molecular formula is C19H30O3. The molecule has 22 heavy (non-hydrogen) atoms. The molecule has 0 aromatic heterocycles. The van der Waals surface area contributed by atoms with Crippen molar-refractivity contribution in [3.63, 3.8) is 0 Å². The Morgan fingerprint density at radius 2 is 1.41 bits per heavy atom. The second kappa shape index (κ2) is 10.5. The summed E-state index contributed by atoms with van der Waals surface area (Å²) in [6.07, 6.45) is 1.60. The fourth-order valence-corrected chi connectivity index (χ4v) is 1.89. The zero-order valence-corrected chi connectivity index (χ0v) is 14.4. The largest absolute Gasteiger partial charge is 0.377 e. The van der Waals surface area contributed by atoms with E-state index >= 15 is 0 Å². The number of rotatable bonds is 11. The van der Waals surface area contributed by atoms with E-state index in [4.69, 9.17) is 9.47 Å². The Labute approximate surface area is 135 Å². The number of carbonyl (C=O) groups excluding carboxylic acids is 1. The van der Waals surface area contributed by atoms with Crippen molar-refractivity contribution < 1.29 is 14.3 Å². The van der Waals surface area contributed by atoms with Crippen LogP contribution in [-0.2, 0) is 27.5 Å². The summed E-state index contributed by atoms with van der Waals surface area (Å²) in [6.45, 7) is 10.8. The molecule has 1 rings (SSSR count). The highest BCUT2D eigenvalue weighted by molar-refractivity contribution is 5.80. The van der Waals surface area contributed by atoms with Crippen LogP contribution in [0.15, 0.2) is 24.3 Å². The normalized spacial score (nSPS) is 11.4. The maximum atomic E-state index is 11.5. The van der Waals surface area contributed by atoms with Crippen LogP contribution in [0.1, 0.15) is 51.7 Å². The number of hydrogen-bond donors (Lipinski definition) is 0. The van der Waals surface area contributed by atoms with Crippen LogP contribution in [-0.4, -0.2) is 19.0 Å². The highest BCUT2D eigenvalue weighted by Crippen LogP contribution is 2.09. The molecule has 0 aliphatic rings. The van der Waals surface area contributed by atoms with Gasteiger partial charge in [-0.15, -0.1) is 0 Å². The summed E-state index contributed by atoms with van der Waals surface area (Å²) < 4.78 is 11.2. The molecule has 0 fully saturated rings. The number of carbonyl (C=O) groups is 1. The second-order valence-corrected chi connectivity index (χ2v) is 6.48. The minimum Gasteiger partial charge on any atom is -0.377 e. The van der Waals surface area contributed by atoms with Crippen molar-refractivity contribution in [1.29, 1.82) is 0 Å². The van der Waals surface area contributed by atoms with Crippen molar-refractivity contribution in [2.24, 2.45) is 11.8 Å². The Morgan fingerprint density at radius 1 is 0.909 bits per heavy atom. The van der Waals surface area contributed by atoms with Gasteiger partial charge in [0.25, 0.3) is 0 Å². The standard InChI is InChI=1S/C19H30O3/c1-15(2)9-11-21-13-17-5-7-18(8-6-17)14-22-12-10-19(20)16(3)4/h5-8,15-16H,9-14H2,1-4H3. The summed E-state index contributed by atoms with van der Waals surface area (Å²) in [7, 11) is 0. The topological polar surface area (TPSA) is 35.5 Å². The van der Waals surface area contributed by atoms with E-state index in [2.05, 4.69) is 38.1 Å². The zero-order chi connectivity index (χ0) is 16.4. The maximum absolute atomic E-state index is 11.5. The lowest BCUT2D eigenvalue weighted by atomic mass is 10.1. The first kappa shape index (κ1) is 18.9. The third-order valence-electron chi connectivity index (χ3n) is 3.54. The fourth-order valence-electron chi connectivity index (χ4n) is 1.89. The van der Waals surface area contributed by atoms with Crippen LogP contribution in [0, 0.1) is 11.8 Å². The number of ether oxygens (including phenoxy) is 2. The Balaban J connectivity index is 2.20. The number of ketones is 1. The van der Waals surface area contributed by atoms with Crippen molar-refractivity contribution in [2.75, 3.05) is 13.2 Å². The minimum absolute atomic E-state index is 0.0959. The first-order chi connectivity index (χ1) is 10.5. The maximum Gasteiger partial charge on any atom is 0.137 e. The first-order valence-corrected chi connectivity index (χ1v) is 8.25. The molecule has 3 nitrogen and oxygen atoms in total. The van der Waals surface area contributed by atoms with E-state index in [-0.39, 0.29) is 11.7 Å². The van der Waals surface area contributed by atoms with Gasteiger partial charge in [0, 0.05) is 18.9 Å². The smallest absolute Gasteiger partial charge is 0.137 e. The zero-order valence-electron chi connectivity index (χ0n) is 14.4. The number of Topliss-reactive ketones (excluding diaryl/α,β-unsaturated/α-hetero) is 1. The number of benzene rings is 1. The second-order valence-electron chi connectivity index (χ2n) is 6.48. The van der Waals surface area contributed by atoms with Gasteiger partial charge in [0.2, 0.25) is 0 Å². The summed E-state index contributed by atoms with van der Waals surface area (Å²) in [5.41, 5.74) is 2.31. The molecule has 1 aromatic rings. The van der Waals surface area contributed by atoms with Gasteiger partial charge in [0.1, 0.15) is 5.78 Å². The summed E-state index contributed by atoms with van der Waals surface area (Å²) in [5, 5.41) is 0. The molecule has 1 aromatic carbocycles. The summed E-state index contributed by atoms with van der Waals surface area (Å²) in [6, 6.07) is 8.28. The average Bonchev–Trinajstić information content (AvgIpc) is 2.49. The predicted octanol–water partition coefficient (Wildman–Crippen LogP) is 4.38. The third kappa shape index (κ3) is 8.30. The molecule has 0 saturated heterocycles. The molecule has 0 heterocycles. The van der Waals surface area contributed by atoms with Crippen molar-refractivity contribution in [3.05, 3.63) is 35.4 Å². The quantitative estimate of drug-likeness (QED) is 0.569. The van der Waals surface area contributed by atoms with Gasteiger partial charge in [-0.2, -0.15) is 0 Å². The summed E-state index contributed by atoms with van der Waals surface area (Å²) in [4.78, 5) is 11.5. The predicted molar refractivity (Wildman–Crippen MR) is 89.7 cm³/mol. The van der Waals surface area contributed by atoms with Gasteiger partial charge in [-0.25, -0.2) is 0 Å². The lowest BCUT2D eigenvalue weighted by Gasteiger charge is -2.08. The summed E-state index contributed by atoms with van der Waals surface area (Å²) >= 11 is 0. The molecule has 0 radical (unpaired) electrons. The van der Waals surface area contributed by atoms with Gasteiger partial charge in [-0.3, -0.25) is 4.79 Å². The average molecular weight is 306 g/mol. The van der Waals surface area contributed by atoms with Gasteiger partial charge >= 0.3 is 0 Å².